The molecule has 0 spiro atoms. The summed E-state index contributed by atoms with van der Waals surface area (Å²) in [6.07, 6.45) is 1.66. The first-order valence-corrected chi connectivity index (χ1v) is 8.43. The second-order valence-corrected chi connectivity index (χ2v) is 6.29. The van der Waals surface area contributed by atoms with Crippen molar-refractivity contribution in [3.05, 3.63) is 45.2 Å². The van der Waals surface area contributed by atoms with Gasteiger partial charge in [-0.1, -0.05) is 0 Å². The number of allylic oxidation sites excluding steroid dienone is 1. The van der Waals surface area contributed by atoms with Crippen LogP contribution in [0.2, 0.25) is 0 Å². The van der Waals surface area contributed by atoms with Gasteiger partial charge < -0.3 is 19.9 Å². The molecule has 1 atom stereocenters. The zero-order valence-corrected chi connectivity index (χ0v) is 14.1. The Balaban J connectivity index is 2.06. The number of carbonyl (C=O) groups is 2. The minimum absolute atomic E-state index is 0.0430. The van der Waals surface area contributed by atoms with E-state index in [9.17, 15) is 14.4 Å². The molecule has 0 radical (unpaired) electrons. The predicted molar refractivity (Wildman–Crippen MR) is 90.9 cm³/mol. The van der Waals surface area contributed by atoms with Crippen LogP contribution in [0.15, 0.2) is 39.8 Å². The average Bonchev–Trinajstić information content (AvgIpc) is 3.00. The molecular formula is C16H17N3O4S. The number of aromatic nitrogens is 1. The zero-order chi connectivity index (χ0) is 17.3. The van der Waals surface area contributed by atoms with E-state index >= 15 is 0 Å². The van der Waals surface area contributed by atoms with Gasteiger partial charge in [0.2, 0.25) is 0 Å². The number of esters is 1. The lowest BCUT2D eigenvalue weighted by molar-refractivity contribution is -0.139. The maximum absolute atomic E-state index is 12.3. The molecule has 0 saturated heterocycles. The Morgan fingerprint density at radius 1 is 1.38 bits per heavy atom. The lowest BCUT2D eigenvalue weighted by atomic mass is 10.0. The lowest BCUT2D eigenvalue weighted by Gasteiger charge is -2.27. The SMILES string of the molecule is CCOC(=O)C1=C(Cn2ccc(=O)c3sccc32)NC(=O)N[C@@H]1C. The number of amides is 2. The standard InChI is InChI=1S/C16H17N3O4S/c1-3-23-15(21)13-9(2)17-16(22)18-10(13)8-19-6-4-12(20)14-11(19)5-7-24-14/h4-7,9H,3,8H2,1-2H3,(H2,17,18,22)/t9-/m1/s1. The number of hydrogen-bond donors (Lipinski definition) is 2. The molecule has 7 nitrogen and oxygen atoms in total. The molecule has 2 aromatic rings. The number of ether oxygens (including phenoxy) is 1. The van der Waals surface area contributed by atoms with Crippen molar-refractivity contribution in [2.75, 3.05) is 6.61 Å². The summed E-state index contributed by atoms with van der Waals surface area (Å²) in [7, 11) is 0. The average molecular weight is 347 g/mol. The van der Waals surface area contributed by atoms with Crippen molar-refractivity contribution in [3.63, 3.8) is 0 Å². The highest BCUT2D eigenvalue weighted by atomic mass is 32.1. The van der Waals surface area contributed by atoms with Crippen molar-refractivity contribution in [2.24, 2.45) is 0 Å². The summed E-state index contributed by atoms with van der Waals surface area (Å²) in [5.74, 6) is -0.463. The van der Waals surface area contributed by atoms with Crippen molar-refractivity contribution in [2.45, 2.75) is 26.4 Å². The van der Waals surface area contributed by atoms with E-state index in [0.29, 0.717) is 16.0 Å². The maximum atomic E-state index is 12.3. The van der Waals surface area contributed by atoms with Crippen LogP contribution in [0, 0.1) is 0 Å². The van der Waals surface area contributed by atoms with Gasteiger partial charge in [0, 0.05) is 12.3 Å². The van der Waals surface area contributed by atoms with Gasteiger partial charge in [0.25, 0.3) is 0 Å². The minimum Gasteiger partial charge on any atom is -0.463 e. The van der Waals surface area contributed by atoms with E-state index in [1.54, 1.807) is 20.0 Å². The van der Waals surface area contributed by atoms with E-state index < -0.39 is 12.0 Å². The summed E-state index contributed by atoms with van der Waals surface area (Å²) >= 11 is 1.37. The summed E-state index contributed by atoms with van der Waals surface area (Å²) < 4.78 is 7.58. The van der Waals surface area contributed by atoms with Gasteiger partial charge in [0.1, 0.15) is 0 Å². The predicted octanol–water partition coefficient (Wildman–Crippen LogP) is 1.58. The van der Waals surface area contributed by atoms with E-state index in [2.05, 4.69) is 10.6 Å². The molecule has 8 heteroatoms. The largest absolute Gasteiger partial charge is 0.463 e. The molecule has 1 aliphatic rings. The van der Waals surface area contributed by atoms with Crippen LogP contribution in [0.5, 0.6) is 0 Å². The highest BCUT2D eigenvalue weighted by molar-refractivity contribution is 7.17. The van der Waals surface area contributed by atoms with Crippen LogP contribution in [0.25, 0.3) is 10.2 Å². The van der Waals surface area contributed by atoms with Gasteiger partial charge in [-0.3, -0.25) is 4.79 Å². The fourth-order valence-electron chi connectivity index (χ4n) is 2.74. The second-order valence-electron chi connectivity index (χ2n) is 5.38. The van der Waals surface area contributed by atoms with E-state index in [1.807, 2.05) is 16.0 Å². The van der Waals surface area contributed by atoms with Crippen LogP contribution in [0.1, 0.15) is 13.8 Å². The van der Waals surface area contributed by atoms with Crippen molar-refractivity contribution in [3.8, 4) is 0 Å². The molecule has 3 rings (SSSR count). The van der Waals surface area contributed by atoms with Gasteiger partial charge in [0.15, 0.2) is 5.43 Å². The number of rotatable bonds is 4. The van der Waals surface area contributed by atoms with Gasteiger partial charge in [-0.05, 0) is 25.3 Å². The Labute approximate surface area is 141 Å². The number of hydrogen-bond acceptors (Lipinski definition) is 5. The third kappa shape index (κ3) is 2.92. The van der Waals surface area contributed by atoms with Gasteiger partial charge in [-0.25, -0.2) is 9.59 Å². The van der Waals surface area contributed by atoms with E-state index in [4.69, 9.17) is 4.74 Å². The number of urea groups is 1. The van der Waals surface area contributed by atoms with Crippen molar-refractivity contribution in [1.29, 1.82) is 0 Å². The summed E-state index contributed by atoms with van der Waals surface area (Å²) in [6.45, 7) is 3.98. The smallest absolute Gasteiger partial charge is 0.337 e. The maximum Gasteiger partial charge on any atom is 0.337 e. The lowest BCUT2D eigenvalue weighted by Crippen LogP contribution is -2.49. The Morgan fingerprint density at radius 2 is 2.17 bits per heavy atom. The second kappa shape index (κ2) is 6.48. The molecule has 126 valence electrons. The monoisotopic (exact) mass is 347 g/mol. The number of nitrogens with one attached hydrogen (secondary N) is 2. The first-order valence-electron chi connectivity index (χ1n) is 7.55. The fraction of sp³-hybridized carbons (Fsp3) is 0.312. The van der Waals surface area contributed by atoms with Gasteiger partial charge in [-0.2, -0.15) is 0 Å². The molecule has 2 aromatic heterocycles. The molecular weight excluding hydrogens is 330 g/mol. The molecule has 0 bridgehead atoms. The number of nitrogens with zero attached hydrogens (tertiary/aromatic N) is 1. The molecule has 24 heavy (non-hydrogen) atoms. The molecule has 0 aromatic carbocycles. The highest BCUT2D eigenvalue weighted by Gasteiger charge is 2.29. The van der Waals surface area contributed by atoms with Crippen LogP contribution in [0.4, 0.5) is 4.79 Å². The quantitative estimate of drug-likeness (QED) is 0.822. The molecule has 0 unspecified atom stereocenters. The van der Waals surface area contributed by atoms with Crippen molar-refractivity contribution < 1.29 is 14.3 Å². The first kappa shape index (κ1) is 16.3. The van der Waals surface area contributed by atoms with Crippen LogP contribution >= 0.6 is 11.3 Å². The minimum atomic E-state index is -0.463. The van der Waals surface area contributed by atoms with Gasteiger partial charge in [-0.15, -0.1) is 11.3 Å². The number of carbonyl (C=O) groups excluding carboxylic acids is 2. The van der Waals surface area contributed by atoms with E-state index in [-0.39, 0.29) is 24.6 Å². The fourth-order valence-corrected chi connectivity index (χ4v) is 3.56. The number of fused-ring (bicyclic) bond motifs is 1. The number of pyridine rings is 1. The van der Waals surface area contributed by atoms with Gasteiger partial charge in [0.05, 0.1) is 40.7 Å². The first-order chi connectivity index (χ1) is 11.5. The van der Waals surface area contributed by atoms with Crippen molar-refractivity contribution in [1.82, 2.24) is 15.2 Å². The van der Waals surface area contributed by atoms with Gasteiger partial charge >= 0.3 is 12.0 Å². The molecule has 0 fully saturated rings. The van der Waals surface area contributed by atoms with Crippen LogP contribution in [0.3, 0.4) is 0 Å². The molecule has 3 heterocycles. The van der Waals surface area contributed by atoms with E-state index in [0.717, 1.165) is 5.52 Å². The topological polar surface area (TPSA) is 89.4 Å². The molecule has 1 aliphatic heterocycles. The highest BCUT2D eigenvalue weighted by Crippen LogP contribution is 2.20. The zero-order valence-electron chi connectivity index (χ0n) is 13.3. The Morgan fingerprint density at radius 3 is 2.92 bits per heavy atom. The van der Waals surface area contributed by atoms with E-state index in [1.165, 1.54) is 17.4 Å². The Bertz CT molecular complexity index is 896. The van der Waals surface area contributed by atoms with Crippen LogP contribution in [-0.4, -0.2) is 29.2 Å². The summed E-state index contributed by atoms with van der Waals surface area (Å²) in [4.78, 5) is 35.9. The summed E-state index contributed by atoms with van der Waals surface area (Å²) in [5.41, 5.74) is 1.58. The molecule has 0 saturated carbocycles. The Hall–Kier alpha value is -2.61. The third-order valence-corrected chi connectivity index (χ3v) is 4.70. The molecule has 2 N–H and O–H groups in total. The summed E-state index contributed by atoms with van der Waals surface area (Å²) in [6, 6.07) is 2.51. The van der Waals surface area contributed by atoms with Crippen LogP contribution in [-0.2, 0) is 16.1 Å². The summed E-state index contributed by atoms with van der Waals surface area (Å²) in [5, 5.41) is 7.19. The Kier molecular flexibility index (Phi) is 4.39. The molecule has 2 amide bonds. The molecule has 0 aliphatic carbocycles. The number of thiophene rings is 1. The van der Waals surface area contributed by atoms with Crippen molar-refractivity contribution >= 4 is 33.6 Å². The van der Waals surface area contributed by atoms with Crippen LogP contribution < -0.4 is 16.1 Å². The third-order valence-electron chi connectivity index (χ3n) is 3.78. The normalized spacial score (nSPS) is 17.6.